The third-order valence-corrected chi connectivity index (χ3v) is 4.60. The van der Waals surface area contributed by atoms with Gasteiger partial charge in [0.25, 0.3) is 0 Å². The van der Waals surface area contributed by atoms with Gasteiger partial charge in [-0.1, -0.05) is 0 Å². The van der Waals surface area contributed by atoms with E-state index in [2.05, 4.69) is 4.84 Å². The zero-order valence-electron chi connectivity index (χ0n) is 10.3. The minimum atomic E-state index is -0.852. The van der Waals surface area contributed by atoms with Gasteiger partial charge in [-0.3, -0.25) is 4.79 Å². The van der Waals surface area contributed by atoms with Crippen molar-refractivity contribution in [3.8, 4) is 0 Å². The lowest BCUT2D eigenvalue weighted by molar-refractivity contribution is -0.173. The minimum absolute atomic E-state index is 0.270. The number of carbonyl (C=O) groups excluding carboxylic acids is 2. The summed E-state index contributed by atoms with van der Waals surface area (Å²) in [6.07, 6.45) is 3.16. The number of ether oxygens (including phenoxy) is 2. The molecule has 0 aromatic heterocycles. The van der Waals surface area contributed by atoms with Crippen LogP contribution in [-0.2, 0) is 19.1 Å². The van der Waals surface area contributed by atoms with E-state index in [1.165, 1.54) is 6.92 Å². The zero-order chi connectivity index (χ0) is 13.0. The average molecular weight is 255 g/mol. The molecular formula is C12H17NO5. The first-order valence-corrected chi connectivity index (χ1v) is 6.25. The second-order valence-electron chi connectivity index (χ2n) is 5.94. The molecule has 0 spiro atoms. The first kappa shape index (κ1) is 11.8. The Morgan fingerprint density at radius 3 is 2.00 bits per heavy atom. The summed E-state index contributed by atoms with van der Waals surface area (Å²) in [5.74, 6) is 5.50. The molecule has 4 bridgehead atoms. The molecule has 0 aromatic carbocycles. The molecule has 0 amide bonds. The molecule has 100 valence electrons. The van der Waals surface area contributed by atoms with Crippen LogP contribution in [0.15, 0.2) is 0 Å². The molecule has 0 aromatic rings. The molecule has 6 nitrogen and oxygen atoms in total. The van der Waals surface area contributed by atoms with E-state index in [1.54, 1.807) is 0 Å². The molecular weight excluding hydrogens is 238 g/mol. The molecule has 4 aliphatic carbocycles. The molecule has 4 aliphatic rings. The molecule has 0 saturated heterocycles. The molecule has 2 unspecified atom stereocenters. The van der Waals surface area contributed by atoms with Gasteiger partial charge >= 0.3 is 12.1 Å². The standard InChI is InChI=1S/C12H17NO5/c1-7(14)16-11-2-8-4-12(6-11,5-9(8)3-11)17-10(15)18-13/h8-9H,2-6,13H2,1H3. The highest BCUT2D eigenvalue weighted by atomic mass is 16.8. The zero-order valence-corrected chi connectivity index (χ0v) is 10.3. The first-order valence-electron chi connectivity index (χ1n) is 6.25. The fourth-order valence-corrected chi connectivity index (χ4v) is 4.51. The Kier molecular flexibility index (Phi) is 2.35. The Labute approximate surface area is 105 Å². The van der Waals surface area contributed by atoms with E-state index in [9.17, 15) is 9.59 Å². The fraction of sp³-hybridized carbons (Fsp3) is 0.833. The SMILES string of the molecule is CC(=O)OC12CC3CC(OC(=O)ON)(CC3C1)C2. The van der Waals surface area contributed by atoms with E-state index in [-0.39, 0.29) is 5.97 Å². The Morgan fingerprint density at radius 2 is 1.56 bits per heavy atom. The lowest BCUT2D eigenvalue weighted by Crippen LogP contribution is -2.49. The van der Waals surface area contributed by atoms with E-state index in [0.29, 0.717) is 18.3 Å². The highest BCUT2D eigenvalue weighted by molar-refractivity contribution is 5.67. The lowest BCUT2D eigenvalue weighted by atomic mass is 9.75. The fourth-order valence-electron chi connectivity index (χ4n) is 4.51. The number of rotatable bonds is 2. The van der Waals surface area contributed by atoms with Crippen LogP contribution in [0.3, 0.4) is 0 Å². The normalized spacial score (nSPS) is 43.9. The highest BCUT2D eigenvalue weighted by Crippen LogP contribution is 2.64. The van der Waals surface area contributed by atoms with Gasteiger partial charge < -0.3 is 14.3 Å². The van der Waals surface area contributed by atoms with Crippen LogP contribution in [0.1, 0.15) is 39.0 Å². The van der Waals surface area contributed by atoms with Crippen molar-refractivity contribution in [3.05, 3.63) is 0 Å². The Bertz CT molecular complexity index is 393. The van der Waals surface area contributed by atoms with Crippen LogP contribution >= 0.6 is 0 Å². The predicted molar refractivity (Wildman–Crippen MR) is 59.0 cm³/mol. The summed E-state index contributed by atoms with van der Waals surface area (Å²) >= 11 is 0. The van der Waals surface area contributed by atoms with Crippen LogP contribution in [-0.4, -0.2) is 23.3 Å². The van der Waals surface area contributed by atoms with Crippen molar-refractivity contribution in [2.75, 3.05) is 0 Å². The number of carbonyl (C=O) groups is 2. The monoisotopic (exact) mass is 255 g/mol. The van der Waals surface area contributed by atoms with Crippen LogP contribution in [0.5, 0.6) is 0 Å². The smallest absolute Gasteiger partial charge is 0.459 e. The molecule has 6 heteroatoms. The van der Waals surface area contributed by atoms with Gasteiger partial charge in [0.05, 0.1) is 0 Å². The molecule has 4 rings (SSSR count). The van der Waals surface area contributed by atoms with Crippen molar-refractivity contribution >= 4 is 12.1 Å². The predicted octanol–water partition coefficient (Wildman–Crippen LogP) is 1.28. The van der Waals surface area contributed by atoms with Crippen LogP contribution < -0.4 is 5.90 Å². The number of hydrogen-bond acceptors (Lipinski definition) is 6. The summed E-state index contributed by atoms with van der Waals surface area (Å²) < 4.78 is 10.9. The van der Waals surface area contributed by atoms with Gasteiger partial charge in [0, 0.05) is 13.3 Å². The van der Waals surface area contributed by atoms with Crippen molar-refractivity contribution in [2.45, 2.75) is 50.2 Å². The van der Waals surface area contributed by atoms with Crippen molar-refractivity contribution in [2.24, 2.45) is 17.7 Å². The summed E-state index contributed by atoms with van der Waals surface area (Å²) in [4.78, 5) is 26.6. The maximum atomic E-state index is 11.2. The molecule has 18 heavy (non-hydrogen) atoms. The number of nitrogens with two attached hydrogens (primary N) is 1. The second-order valence-corrected chi connectivity index (χ2v) is 5.94. The van der Waals surface area contributed by atoms with E-state index in [1.807, 2.05) is 0 Å². The Balaban J connectivity index is 1.80. The maximum Gasteiger partial charge on any atom is 0.528 e. The first-order chi connectivity index (χ1) is 8.46. The van der Waals surface area contributed by atoms with Crippen molar-refractivity contribution in [1.29, 1.82) is 0 Å². The van der Waals surface area contributed by atoms with E-state index >= 15 is 0 Å². The molecule has 4 saturated carbocycles. The van der Waals surface area contributed by atoms with Gasteiger partial charge in [0.15, 0.2) is 0 Å². The van der Waals surface area contributed by atoms with Gasteiger partial charge in [-0.2, -0.15) is 5.90 Å². The molecule has 0 aliphatic heterocycles. The summed E-state index contributed by atoms with van der Waals surface area (Å²) in [7, 11) is 0. The summed E-state index contributed by atoms with van der Waals surface area (Å²) in [6, 6.07) is 0. The topological polar surface area (TPSA) is 87.8 Å². The van der Waals surface area contributed by atoms with E-state index < -0.39 is 17.4 Å². The summed E-state index contributed by atoms with van der Waals surface area (Å²) in [5.41, 5.74) is -0.982. The Morgan fingerprint density at radius 1 is 1.06 bits per heavy atom. The van der Waals surface area contributed by atoms with E-state index in [4.69, 9.17) is 15.4 Å². The largest absolute Gasteiger partial charge is 0.528 e. The van der Waals surface area contributed by atoms with Gasteiger partial charge in [0.1, 0.15) is 11.2 Å². The summed E-state index contributed by atoms with van der Waals surface area (Å²) in [6.45, 7) is 1.42. The molecule has 0 radical (unpaired) electrons. The molecule has 2 atom stereocenters. The summed E-state index contributed by atoms with van der Waals surface area (Å²) in [5, 5.41) is 0. The third-order valence-electron chi connectivity index (χ3n) is 4.60. The Hall–Kier alpha value is -1.30. The van der Waals surface area contributed by atoms with Gasteiger partial charge in [-0.15, -0.1) is 0 Å². The van der Waals surface area contributed by atoms with E-state index in [0.717, 1.165) is 25.7 Å². The van der Waals surface area contributed by atoms with Gasteiger partial charge in [0.2, 0.25) is 0 Å². The second kappa shape index (κ2) is 3.60. The van der Waals surface area contributed by atoms with Crippen molar-refractivity contribution < 1.29 is 23.9 Å². The molecule has 4 fully saturated rings. The molecule has 2 N–H and O–H groups in total. The van der Waals surface area contributed by atoms with Gasteiger partial charge in [-0.25, -0.2) is 4.79 Å². The van der Waals surface area contributed by atoms with Gasteiger partial charge in [-0.05, 0) is 37.5 Å². The molecule has 0 heterocycles. The van der Waals surface area contributed by atoms with Crippen LogP contribution in [0, 0.1) is 11.8 Å². The van der Waals surface area contributed by atoms with Crippen molar-refractivity contribution in [1.82, 2.24) is 0 Å². The average Bonchev–Trinajstić information content (AvgIpc) is 2.61. The number of esters is 1. The highest BCUT2D eigenvalue weighted by Gasteiger charge is 2.66. The maximum absolute atomic E-state index is 11.2. The number of hydrogen-bond donors (Lipinski definition) is 1. The van der Waals surface area contributed by atoms with Crippen LogP contribution in [0.25, 0.3) is 0 Å². The quantitative estimate of drug-likeness (QED) is 0.590. The van der Waals surface area contributed by atoms with Crippen molar-refractivity contribution in [3.63, 3.8) is 0 Å². The minimum Gasteiger partial charge on any atom is -0.459 e. The third kappa shape index (κ3) is 1.67. The lowest BCUT2D eigenvalue weighted by Gasteiger charge is -2.44. The van der Waals surface area contributed by atoms with Crippen LogP contribution in [0.2, 0.25) is 0 Å². The van der Waals surface area contributed by atoms with Crippen LogP contribution in [0.4, 0.5) is 4.79 Å².